The lowest BCUT2D eigenvalue weighted by Crippen LogP contribution is -2.18. The molecule has 0 nitrogen and oxygen atoms in total. The SMILES string of the molecule is CCCC1CCC(c2ccc(CCC3CCC(CCC4CCC(CC)CC4)CC3)cc2)CC1.CCCCC1CCC(c2ccc(CCC3CCC(CCC4CCC(CC)CC4)CC3)cc2)CC1.CCCCCC1CCC(c2ccc(CCC3CCC(CCC4CCC(CC)CC4)CC3)cc2)CC1. The van der Waals surface area contributed by atoms with Crippen molar-refractivity contribution in [1.29, 1.82) is 0 Å². The fraction of sp³-hybridized carbons (Fsp3) is 0.824. The van der Waals surface area contributed by atoms with E-state index < -0.39 is 0 Å². The minimum absolute atomic E-state index is 0.837. The maximum Gasteiger partial charge on any atom is -0.0162 e. The van der Waals surface area contributed by atoms with E-state index in [4.69, 9.17) is 0 Å². The molecular formula is C102H168. The lowest BCUT2D eigenvalue weighted by Gasteiger charge is -2.32. The molecule has 9 aliphatic rings. The molecule has 0 saturated heterocycles. The number of hydrogen-bond acceptors (Lipinski definition) is 0. The largest absolute Gasteiger partial charge is 0.0654 e. The summed E-state index contributed by atoms with van der Waals surface area (Å²) in [5.74, 6) is 18.1. The molecule has 0 aromatic heterocycles. The Morgan fingerprint density at radius 1 is 0.176 bits per heavy atom. The van der Waals surface area contributed by atoms with Crippen molar-refractivity contribution in [3.63, 3.8) is 0 Å². The van der Waals surface area contributed by atoms with Crippen molar-refractivity contribution < 1.29 is 0 Å². The predicted molar refractivity (Wildman–Crippen MR) is 448 cm³/mol. The smallest absolute Gasteiger partial charge is 0.0162 e. The van der Waals surface area contributed by atoms with Gasteiger partial charge in [-0.1, -0.05) is 384 Å². The second-order valence-corrected chi connectivity index (χ2v) is 38.7. The van der Waals surface area contributed by atoms with Crippen molar-refractivity contribution in [2.45, 2.75) is 445 Å². The van der Waals surface area contributed by atoms with Gasteiger partial charge >= 0.3 is 0 Å². The van der Waals surface area contributed by atoms with Crippen LogP contribution in [0.2, 0.25) is 0 Å². The molecule has 0 N–H and O–H groups in total. The van der Waals surface area contributed by atoms with Gasteiger partial charge in [-0.2, -0.15) is 0 Å². The molecule has 576 valence electrons. The standard InChI is InChI=1S/C35H58.C34H56.C33H54/c1-3-5-6-7-29-20-24-34(25-21-29)35-26-22-33(23-27-35)19-18-32-16-14-31(15-17-32)13-12-30-10-8-28(4-2)9-11-30;1-3-5-6-28-19-23-33(24-20-28)34-25-21-32(22-26-34)18-17-31-15-13-30(14-16-31)12-11-29-9-7-27(4-2)8-10-29;1-3-5-27-18-22-32(23-19-27)33-24-20-31(21-25-33)17-16-30-14-12-29(13-15-30)11-10-28-8-6-26(4-2)7-9-28/h22-23,26-32,34H,3-21,24-25H2,1-2H3;21-22,25-31,33H,3-20,23-24H2,1-2H3;20-21,24-30,32H,3-19,22-23H2,1-2H3. The van der Waals surface area contributed by atoms with Crippen LogP contribution in [0.5, 0.6) is 0 Å². The molecule has 0 radical (unpaired) electrons. The second kappa shape index (κ2) is 46.9. The first-order valence-corrected chi connectivity index (χ1v) is 47.5. The number of benzene rings is 3. The lowest BCUT2D eigenvalue weighted by molar-refractivity contribution is 0.212. The summed E-state index contributed by atoms with van der Waals surface area (Å²) in [7, 11) is 0. The maximum absolute atomic E-state index is 2.49. The van der Waals surface area contributed by atoms with Crippen molar-refractivity contribution in [1.82, 2.24) is 0 Å². The van der Waals surface area contributed by atoms with Crippen LogP contribution in [0.4, 0.5) is 0 Å². The van der Waals surface area contributed by atoms with E-state index in [1.807, 2.05) is 0 Å². The van der Waals surface area contributed by atoms with Gasteiger partial charge in [0, 0.05) is 0 Å². The summed E-state index contributed by atoms with van der Waals surface area (Å²) in [6.45, 7) is 14.2. The highest BCUT2D eigenvalue weighted by Crippen LogP contribution is 2.45. The zero-order chi connectivity index (χ0) is 70.8. The Morgan fingerprint density at radius 3 is 0.598 bits per heavy atom. The molecule has 0 bridgehead atoms. The Bertz CT molecular complexity index is 2510. The molecule has 0 amide bonds. The topological polar surface area (TPSA) is 0 Å². The van der Waals surface area contributed by atoms with Gasteiger partial charge in [0.25, 0.3) is 0 Å². The van der Waals surface area contributed by atoms with Gasteiger partial charge in [-0.15, -0.1) is 0 Å². The molecule has 0 unspecified atom stereocenters. The zero-order valence-corrected chi connectivity index (χ0v) is 68.7. The number of aryl methyl sites for hydroxylation is 3. The molecule has 9 fully saturated rings. The highest BCUT2D eigenvalue weighted by Gasteiger charge is 2.31. The summed E-state index contributed by atoms with van der Waals surface area (Å²) >= 11 is 0. The Kier molecular flexibility index (Phi) is 37.8. The van der Waals surface area contributed by atoms with Gasteiger partial charge < -0.3 is 0 Å². The second-order valence-electron chi connectivity index (χ2n) is 38.7. The van der Waals surface area contributed by atoms with Crippen molar-refractivity contribution >= 4 is 0 Å². The third-order valence-electron chi connectivity index (χ3n) is 31.8. The fourth-order valence-corrected chi connectivity index (χ4v) is 23.5. The van der Waals surface area contributed by atoms with Crippen LogP contribution in [0.1, 0.15) is 459 Å². The van der Waals surface area contributed by atoms with E-state index in [-0.39, 0.29) is 0 Å². The van der Waals surface area contributed by atoms with E-state index in [0.717, 1.165) is 107 Å². The van der Waals surface area contributed by atoms with Crippen LogP contribution < -0.4 is 0 Å². The summed E-state index contributed by atoms with van der Waals surface area (Å²) < 4.78 is 0. The zero-order valence-electron chi connectivity index (χ0n) is 68.7. The molecule has 102 heavy (non-hydrogen) atoms. The van der Waals surface area contributed by atoms with Gasteiger partial charge in [0.15, 0.2) is 0 Å². The molecule has 0 atom stereocenters. The first-order valence-electron chi connectivity index (χ1n) is 47.5. The third-order valence-corrected chi connectivity index (χ3v) is 31.8. The molecule has 12 rings (SSSR count). The van der Waals surface area contributed by atoms with Crippen LogP contribution in [-0.4, -0.2) is 0 Å². The third kappa shape index (κ3) is 28.9. The summed E-state index contributed by atoms with van der Waals surface area (Å²) in [6, 6.07) is 29.7. The first kappa shape index (κ1) is 82.2. The van der Waals surface area contributed by atoms with Gasteiger partial charge in [-0.25, -0.2) is 0 Å². The van der Waals surface area contributed by atoms with Crippen LogP contribution in [-0.2, 0) is 19.3 Å². The summed E-state index contributed by atoms with van der Waals surface area (Å²) in [5, 5.41) is 0. The van der Waals surface area contributed by atoms with E-state index in [2.05, 4.69) is 114 Å². The normalized spacial score (nSPS) is 32.5. The van der Waals surface area contributed by atoms with Crippen LogP contribution in [0.25, 0.3) is 0 Å². The summed E-state index contributed by atoms with van der Waals surface area (Å²) in [4.78, 5) is 0. The summed E-state index contributed by atoms with van der Waals surface area (Å²) in [6.07, 6.45) is 88.4. The lowest BCUT2D eigenvalue weighted by atomic mass is 9.74. The van der Waals surface area contributed by atoms with Crippen molar-refractivity contribution in [2.24, 2.45) is 88.8 Å². The minimum atomic E-state index is 0.837. The number of unbranched alkanes of at least 4 members (excludes halogenated alkanes) is 3. The van der Waals surface area contributed by atoms with E-state index in [9.17, 15) is 0 Å². The molecule has 0 heterocycles. The summed E-state index contributed by atoms with van der Waals surface area (Å²) in [5.41, 5.74) is 9.64. The van der Waals surface area contributed by atoms with E-state index in [0.29, 0.717) is 0 Å². The molecule has 3 aromatic carbocycles. The average molecular weight is 1390 g/mol. The molecule has 9 saturated carbocycles. The van der Waals surface area contributed by atoms with Crippen LogP contribution in [0.15, 0.2) is 72.8 Å². The Labute approximate surface area is 635 Å². The molecule has 0 heteroatoms. The van der Waals surface area contributed by atoms with E-state index >= 15 is 0 Å². The highest BCUT2D eigenvalue weighted by atomic mass is 14.4. The Morgan fingerprint density at radius 2 is 0.373 bits per heavy atom. The van der Waals surface area contributed by atoms with Gasteiger partial charge in [-0.05, 0) is 255 Å². The van der Waals surface area contributed by atoms with Gasteiger partial charge in [0.2, 0.25) is 0 Å². The maximum atomic E-state index is 2.49. The van der Waals surface area contributed by atoms with Gasteiger partial charge in [0.1, 0.15) is 0 Å². The van der Waals surface area contributed by atoms with Crippen LogP contribution >= 0.6 is 0 Å². The fourth-order valence-electron chi connectivity index (χ4n) is 23.5. The van der Waals surface area contributed by atoms with Crippen molar-refractivity contribution in [2.75, 3.05) is 0 Å². The average Bonchev–Trinajstić information content (AvgIpc) is 0.884. The van der Waals surface area contributed by atoms with Crippen LogP contribution in [0.3, 0.4) is 0 Å². The van der Waals surface area contributed by atoms with Gasteiger partial charge in [-0.3, -0.25) is 0 Å². The molecular weight excluding hydrogens is 1230 g/mol. The van der Waals surface area contributed by atoms with Crippen molar-refractivity contribution in [3.8, 4) is 0 Å². The minimum Gasteiger partial charge on any atom is -0.0654 e. The quantitative estimate of drug-likeness (QED) is 0.0533. The predicted octanol–water partition coefficient (Wildman–Crippen LogP) is 32.7. The number of hydrogen-bond donors (Lipinski definition) is 0. The number of rotatable bonds is 33. The monoisotopic (exact) mass is 1390 g/mol. The first-order chi connectivity index (χ1) is 50.2. The van der Waals surface area contributed by atoms with Gasteiger partial charge in [0.05, 0.1) is 0 Å². The van der Waals surface area contributed by atoms with Crippen molar-refractivity contribution in [3.05, 3.63) is 106 Å². The molecule has 0 spiro atoms. The van der Waals surface area contributed by atoms with Crippen LogP contribution in [0, 0.1) is 88.8 Å². The molecule has 0 aliphatic heterocycles. The molecule has 9 aliphatic carbocycles. The molecule has 3 aromatic rings. The van der Waals surface area contributed by atoms with E-state index in [1.165, 1.54) is 366 Å². The Hall–Kier alpha value is -2.34. The Balaban J connectivity index is 0.000000165. The van der Waals surface area contributed by atoms with E-state index in [1.54, 1.807) is 52.6 Å². The highest BCUT2D eigenvalue weighted by molar-refractivity contribution is 5.28.